The first-order valence-electron chi connectivity index (χ1n) is 9.02. The molecule has 8 heteroatoms. The number of carbonyl (C=O) groups excluding carboxylic acids is 1. The number of halogens is 2. The summed E-state index contributed by atoms with van der Waals surface area (Å²) in [7, 11) is 1.78. The van der Waals surface area contributed by atoms with Gasteiger partial charge < -0.3 is 10.1 Å². The predicted octanol–water partition coefficient (Wildman–Crippen LogP) is 3.88. The van der Waals surface area contributed by atoms with Crippen LogP contribution < -0.4 is 10.1 Å². The molecule has 28 heavy (non-hydrogen) atoms. The largest absolute Gasteiger partial charge is 0.476 e. The van der Waals surface area contributed by atoms with Crippen molar-refractivity contribution >= 4 is 22.5 Å². The second-order valence-electron chi connectivity index (χ2n) is 7.48. The number of aryl methyl sites for hydroxylation is 1. The van der Waals surface area contributed by atoms with Gasteiger partial charge in [0.15, 0.2) is 0 Å². The van der Waals surface area contributed by atoms with Crippen molar-refractivity contribution in [3.63, 3.8) is 0 Å². The summed E-state index contributed by atoms with van der Waals surface area (Å²) in [6, 6.07) is 7.83. The Balaban J connectivity index is 1.47. The van der Waals surface area contributed by atoms with Gasteiger partial charge in [-0.3, -0.25) is 9.48 Å². The molecule has 6 nitrogen and oxygen atoms in total. The molecule has 0 unspecified atom stereocenters. The van der Waals surface area contributed by atoms with E-state index in [4.69, 9.17) is 4.74 Å². The van der Waals surface area contributed by atoms with Crippen LogP contribution in [-0.4, -0.2) is 32.9 Å². The lowest BCUT2D eigenvalue weighted by molar-refractivity contribution is 0.00179. The number of hydrogen-bond donors (Lipinski definition) is 1. The maximum atomic E-state index is 13.6. The molecule has 2 aromatic heterocycles. The lowest BCUT2D eigenvalue weighted by atomic mass is 9.74. The van der Waals surface area contributed by atoms with Crippen molar-refractivity contribution in [3.05, 3.63) is 48.0 Å². The molecule has 1 aromatic carbocycles. The third-order valence-corrected chi connectivity index (χ3v) is 4.92. The molecule has 1 fully saturated rings. The Morgan fingerprint density at radius 1 is 1.36 bits per heavy atom. The quantitative estimate of drug-likeness (QED) is 0.723. The molecule has 1 amide bonds. The fourth-order valence-corrected chi connectivity index (χ4v) is 3.57. The van der Waals surface area contributed by atoms with Gasteiger partial charge >= 0.3 is 0 Å². The number of nitrogens with zero attached hydrogens (tertiary/aromatic N) is 3. The molecule has 1 saturated carbocycles. The second-order valence-corrected chi connectivity index (χ2v) is 7.48. The highest BCUT2D eigenvalue weighted by Crippen LogP contribution is 2.41. The molecule has 1 aliphatic carbocycles. The molecule has 0 atom stereocenters. The molecular weight excluding hydrogens is 366 g/mol. The molecule has 0 saturated heterocycles. The van der Waals surface area contributed by atoms with E-state index < -0.39 is 17.4 Å². The number of hydrogen-bond acceptors (Lipinski definition) is 4. The van der Waals surface area contributed by atoms with E-state index >= 15 is 0 Å². The number of amides is 1. The highest BCUT2D eigenvalue weighted by atomic mass is 19.1. The van der Waals surface area contributed by atoms with Crippen LogP contribution >= 0.6 is 0 Å². The van der Waals surface area contributed by atoms with Crippen molar-refractivity contribution in [2.75, 3.05) is 11.9 Å². The van der Waals surface area contributed by atoms with Crippen LogP contribution in [0.2, 0.25) is 0 Å². The van der Waals surface area contributed by atoms with Crippen molar-refractivity contribution in [3.8, 4) is 5.88 Å². The molecule has 1 aliphatic rings. The summed E-state index contributed by atoms with van der Waals surface area (Å²) in [5.41, 5.74) is 0.386. The molecule has 4 rings (SSSR count). The third-order valence-electron chi connectivity index (χ3n) is 4.92. The SMILES string of the molecule is Cn1nc(OCC2CC(C)(F)C2)c2ccc(NC(=O)c3ccc(F)cn3)cc21. The van der Waals surface area contributed by atoms with Crippen LogP contribution in [0.4, 0.5) is 14.5 Å². The summed E-state index contributed by atoms with van der Waals surface area (Å²) >= 11 is 0. The summed E-state index contributed by atoms with van der Waals surface area (Å²) in [6.07, 6.45) is 2.01. The van der Waals surface area contributed by atoms with E-state index in [0.717, 1.165) is 17.1 Å². The number of benzene rings is 1. The molecule has 0 radical (unpaired) electrons. The number of pyridine rings is 1. The van der Waals surface area contributed by atoms with Crippen LogP contribution in [0.3, 0.4) is 0 Å². The van der Waals surface area contributed by atoms with Gasteiger partial charge in [-0.1, -0.05) is 0 Å². The number of rotatable bonds is 5. The molecule has 2 heterocycles. The predicted molar refractivity (Wildman–Crippen MR) is 101 cm³/mol. The van der Waals surface area contributed by atoms with Crippen LogP contribution in [0.15, 0.2) is 36.5 Å². The zero-order valence-electron chi connectivity index (χ0n) is 15.6. The average molecular weight is 386 g/mol. The smallest absolute Gasteiger partial charge is 0.274 e. The van der Waals surface area contributed by atoms with Crippen LogP contribution in [0.5, 0.6) is 5.88 Å². The van der Waals surface area contributed by atoms with Crippen molar-refractivity contribution in [1.82, 2.24) is 14.8 Å². The van der Waals surface area contributed by atoms with Gasteiger partial charge in [0.2, 0.25) is 5.88 Å². The molecule has 0 bridgehead atoms. The number of alkyl halides is 1. The summed E-state index contributed by atoms with van der Waals surface area (Å²) in [4.78, 5) is 16.0. The summed E-state index contributed by atoms with van der Waals surface area (Å²) in [5, 5.41) is 7.92. The van der Waals surface area contributed by atoms with Crippen molar-refractivity contribution in [2.24, 2.45) is 13.0 Å². The number of nitrogens with one attached hydrogen (secondary N) is 1. The first-order valence-corrected chi connectivity index (χ1v) is 9.02. The van der Waals surface area contributed by atoms with Crippen LogP contribution in [0, 0.1) is 11.7 Å². The van der Waals surface area contributed by atoms with Gasteiger partial charge in [0.25, 0.3) is 5.91 Å². The van der Waals surface area contributed by atoms with Crippen LogP contribution in [-0.2, 0) is 7.05 Å². The molecule has 1 N–H and O–H groups in total. The van der Waals surface area contributed by atoms with E-state index in [1.807, 2.05) is 6.07 Å². The maximum absolute atomic E-state index is 13.6. The first-order chi connectivity index (χ1) is 13.3. The zero-order valence-corrected chi connectivity index (χ0v) is 15.6. The third kappa shape index (κ3) is 3.67. The minimum absolute atomic E-state index is 0.121. The number of carbonyl (C=O) groups is 1. The minimum atomic E-state index is -1.08. The second kappa shape index (κ2) is 6.85. The van der Waals surface area contributed by atoms with Gasteiger partial charge in [-0.2, -0.15) is 0 Å². The van der Waals surface area contributed by atoms with Crippen LogP contribution in [0.25, 0.3) is 10.9 Å². The maximum Gasteiger partial charge on any atom is 0.274 e. The number of anilines is 1. The topological polar surface area (TPSA) is 69.0 Å². The van der Waals surface area contributed by atoms with E-state index in [0.29, 0.717) is 31.0 Å². The highest BCUT2D eigenvalue weighted by molar-refractivity contribution is 6.04. The van der Waals surface area contributed by atoms with E-state index in [2.05, 4.69) is 15.4 Å². The molecule has 3 aromatic rings. The average Bonchev–Trinajstić information content (AvgIpc) is 2.94. The van der Waals surface area contributed by atoms with Gasteiger partial charge in [0.1, 0.15) is 17.2 Å². The summed E-state index contributed by atoms with van der Waals surface area (Å²) < 4.78 is 34.0. The Kier molecular flexibility index (Phi) is 4.49. The lowest BCUT2D eigenvalue weighted by Gasteiger charge is -2.38. The van der Waals surface area contributed by atoms with Crippen molar-refractivity contribution in [2.45, 2.75) is 25.4 Å². The Morgan fingerprint density at radius 2 is 2.14 bits per heavy atom. The molecular formula is C20H20F2N4O2. The monoisotopic (exact) mass is 386 g/mol. The normalized spacial score (nSPS) is 21.4. The van der Waals surface area contributed by atoms with Crippen LogP contribution in [0.1, 0.15) is 30.3 Å². The Labute approximate surface area is 160 Å². The first kappa shape index (κ1) is 18.3. The van der Waals surface area contributed by atoms with E-state index in [1.165, 1.54) is 12.1 Å². The van der Waals surface area contributed by atoms with Gasteiger partial charge in [-0.05, 0) is 56.0 Å². The van der Waals surface area contributed by atoms with E-state index in [9.17, 15) is 13.6 Å². The Morgan fingerprint density at radius 3 is 2.82 bits per heavy atom. The highest BCUT2D eigenvalue weighted by Gasteiger charge is 2.40. The number of fused-ring (bicyclic) bond motifs is 1. The Hall–Kier alpha value is -3.03. The molecule has 0 aliphatic heterocycles. The lowest BCUT2D eigenvalue weighted by Crippen LogP contribution is -2.39. The van der Waals surface area contributed by atoms with E-state index in [1.54, 1.807) is 30.8 Å². The fraction of sp³-hybridized carbons (Fsp3) is 0.350. The molecule has 146 valence electrons. The van der Waals surface area contributed by atoms with Gasteiger partial charge in [-0.15, -0.1) is 5.10 Å². The Bertz CT molecular complexity index is 1020. The summed E-state index contributed by atoms with van der Waals surface area (Å²) in [5.74, 6) is -0.243. The zero-order chi connectivity index (χ0) is 19.9. The fourth-order valence-electron chi connectivity index (χ4n) is 3.57. The van der Waals surface area contributed by atoms with E-state index in [-0.39, 0.29) is 11.6 Å². The van der Waals surface area contributed by atoms with Gasteiger partial charge in [-0.25, -0.2) is 13.8 Å². The van der Waals surface area contributed by atoms with Crippen molar-refractivity contribution in [1.29, 1.82) is 0 Å². The standard InChI is InChI=1S/C20H20F2N4O2/c1-20(22)8-12(9-20)11-28-19-15-5-4-14(7-17(15)26(2)25-19)24-18(27)16-6-3-13(21)10-23-16/h3-7,10,12H,8-9,11H2,1-2H3,(H,24,27). The minimum Gasteiger partial charge on any atom is -0.476 e. The van der Waals surface area contributed by atoms with Gasteiger partial charge in [0, 0.05) is 12.7 Å². The number of ether oxygens (including phenoxy) is 1. The van der Waals surface area contributed by atoms with Gasteiger partial charge in [0.05, 0.1) is 23.7 Å². The number of aromatic nitrogens is 3. The summed E-state index contributed by atoms with van der Waals surface area (Å²) in [6.45, 7) is 2.04. The molecule has 0 spiro atoms. The van der Waals surface area contributed by atoms with Crippen molar-refractivity contribution < 1.29 is 18.3 Å².